The van der Waals surface area contributed by atoms with Gasteiger partial charge in [0.2, 0.25) is 0 Å². The van der Waals surface area contributed by atoms with Gasteiger partial charge in [0, 0.05) is 5.69 Å². The molecule has 0 spiro atoms. The second-order valence-corrected chi connectivity index (χ2v) is 5.85. The van der Waals surface area contributed by atoms with Crippen LogP contribution in [0.15, 0.2) is 24.3 Å². The molecule has 20 heavy (non-hydrogen) atoms. The van der Waals surface area contributed by atoms with Crippen LogP contribution in [0, 0.1) is 0 Å². The minimum atomic E-state index is -0.512. The number of hydrogen-bond acceptors (Lipinski definition) is 2. The molecule has 2 nitrogen and oxygen atoms in total. The van der Waals surface area contributed by atoms with Crippen molar-refractivity contribution in [2.45, 2.75) is 0 Å². The third-order valence-corrected chi connectivity index (χ3v) is 4.49. The molecule has 0 heterocycles. The molecular weight excluding hydrogens is 363 g/mol. The fourth-order valence-corrected chi connectivity index (χ4v) is 3.03. The molecule has 0 bridgehead atoms. The van der Waals surface area contributed by atoms with Crippen molar-refractivity contribution < 1.29 is 4.79 Å². The molecule has 7 heteroatoms. The lowest BCUT2D eigenvalue weighted by molar-refractivity contribution is 0.104. The van der Waals surface area contributed by atoms with Crippen molar-refractivity contribution in [2.24, 2.45) is 0 Å². The highest BCUT2D eigenvalue weighted by atomic mass is 35.5. The van der Waals surface area contributed by atoms with E-state index in [9.17, 15) is 4.79 Å². The van der Waals surface area contributed by atoms with Crippen LogP contribution in [0.1, 0.15) is 15.9 Å². The maximum Gasteiger partial charge on any atom is 0.199 e. The van der Waals surface area contributed by atoms with Gasteiger partial charge < -0.3 is 5.73 Å². The smallest absolute Gasteiger partial charge is 0.199 e. The maximum absolute atomic E-state index is 12.6. The lowest BCUT2D eigenvalue weighted by Crippen LogP contribution is -2.08. The fourth-order valence-electron chi connectivity index (χ4n) is 1.68. The van der Waals surface area contributed by atoms with Crippen molar-refractivity contribution in [2.75, 3.05) is 5.73 Å². The number of nitrogens with two attached hydrogens (primary N) is 1. The standard InChI is InChI=1S/C13H6Cl5NO/c14-5-2-1-3-8(19)9(5)13(20)10-6(15)4-7(16)11(17)12(10)18/h1-4H,19H2. The van der Waals surface area contributed by atoms with Gasteiger partial charge in [-0.2, -0.15) is 0 Å². The van der Waals surface area contributed by atoms with E-state index < -0.39 is 5.78 Å². The Morgan fingerprint density at radius 2 is 1.50 bits per heavy atom. The second kappa shape index (κ2) is 6.00. The molecule has 0 fully saturated rings. The van der Waals surface area contributed by atoms with E-state index in [-0.39, 0.29) is 41.9 Å². The number of ketones is 1. The van der Waals surface area contributed by atoms with E-state index in [1.54, 1.807) is 18.2 Å². The third-order valence-electron chi connectivity index (χ3n) is 2.61. The summed E-state index contributed by atoms with van der Waals surface area (Å²) >= 11 is 29.8. The first-order valence-corrected chi connectivity index (χ1v) is 7.15. The van der Waals surface area contributed by atoms with Crippen molar-refractivity contribution >= 4 is 69.5 Å². The molecule has 2 rings (SSSR count). The number of nitrogen functional groups attached to an aromatic ring is 1. The van der Waals surface area contributed by atoms with Gasteiger partial charge in [0.05, 0.1) is 36.2 Å². The molecule has 2 aromatic rings. The van der Waals surface area contributed by atoms with E-state index in [1.165, 1.54) is 6.07 Å². The van der Waals surface area contributed by atoms with Crippen LogP contribution in [-0.4, -0.2) is 5.78 Å². The Balaban J connectivity index is 2.70. The van der Waals surface area contributed by atoms with Crippen molar-refractivity contribution in [3.05, 3.63) is 60.5 Å². The highest BCUT2D eigenvalue weighted by Crippen LogP contribution is 2.39. The maximum atomic E-state index is 12.6. The summed E-state index contributed by atoms with van der Waals surface area (Å²) in [6, 6.07) is 6.08. The van der Waals surface area contributed by atoms with Gasteiger partial charge in [0.1, 0.15) is 0 Å². The quantitative estimate of drug-likeness (QED) is 0.316. The number of carbonyl (C=O) groups excluding carboxylic acids is 1. The molecule has 0 aliphatic carbocycles. The number of anilines is 1. The van der Waals surface area contributed by atoms with Gasteiger partial charge >= 0.3 is 0 Å². The second-order valence-electron chi connectivity index (χ2n) is 3.88. The highest BCUT2D eigenvalue weighted by molar-refractivity contribution is 6.52. The summed E-state index contributed by atoms with van der Waals surface area (Å²) in [6.45, 7) is 0. The number of halogens is 5. The van der Waals surface area contributed by atoms with Crippen LogP contribution >= 0.6 is 58.0 Å². The molecule has 2 aromatic carbocycles. The molecule has 104 valence electrons. The topological polar surface area (TPSA) is 43.1 Å². The predicted octanol–water partition coefficient (Wildman–Crippen LogP) is 5.77. The van der Waals surface area contributed by atoms with E-state index >= 15 is 0 Å². The first-order chi connectivity index (χ1) is 9.34. The van der Waals surface area contributed by atoms with Gasteiger partial charge in [-0.3, -0.25) is 4.79 Å². The van der Waals surface area contributed by atoms with Crippen molar-refractivity contribution in [3.8, 4) is 0 Å². The van der Waals surface area contributed by atoms with Gasteiger partial charge in [0.25, 0.3) is 0 Å². The Kier molecular flexibility index (Phi) is 4.73. The number of hydrogen-bond donors (Lipinski definition) is 1. The normalized spacial score (nSPS) is 10.7. The molecule has 0 aromatic heterocycles. The molecule has 0 saturated heterocycles. The highest BCUT2D eigenvalue weighted by Gasteiger charge is 2.24. The summed E-state index contributed by atoms with van der Waals surface area (Å²) in [5, 5.41) is 0.451. The number of rotatable bonds is 2. The first kappa shape index (κ1) is 15.7. The van der Waals surface area contributed by atoms with Gasteiger partial charge in [-0.05, 0) is 18.2 Å². The van der Waals surface area contributed by atoms with E-state index in [1.807, 2.05) is 0 Å². The molecule has 0 radical (unpaired) electrons. The van der Waals surface area contributed by atoms with Crippen LogP contribution in [0.5, 0.6) is 0 Å². The molecule has 0 aliphatic heterocycles. The van der Waals surface area contributed by atoms with Crippen LogP contribution in [0.3, 0.4) is 0 Å². The molecule has 0 unspecified atom stereocenters. The zero-order chi connectivity index (χ0) is 15.0. The van der Waals surface area contributed by atoms with Crippen LogP contribution in [-0.2, 0) is 0 Å². The lowest BCUT2D eigenvalue weighted by atomic mass is 10.0. The van der Waals surface area contributed by atoms with E-state index in [0.717, 1.165) is 0 Å². The molecular formula is C13H6Cl5NO. The van der Waals surface area contributed by atoms with Gasteiger partial charge in [-0.15, -0.1) is 0 Å². The molecule has 2 N–H and O–H groups in total. The minimum Gasteiger partial charge on any atom is -0.398 e. The SMILES string of the molecule is Nc1cccc(Cl)c1C(=O)c1c(Cl)cc(Cl)c(Cl)c1Cl. The Morgan fingerprint density at radius 3 is 2.10 bits per heavy atom. The van der Waals surface area contributed by atoms with Gasteiger partial charge in [0.15, 0.2) is 5.78 Å². The Labute approximate surface area is 140 Å². The summed E-state index contributed by atoms with van der Waals surface area (Å²) in [5.41, 5.74) is 6.14. The van der Waals surface area contributed by atoms with E-state index in [2.05, 4.69) is 0 Å². The first-order valence-electron chi connectivity index (χ1n) is 5.26. The van der Waals surface area contributed by atoms with Gasteiger partial charge in [-0.25, -0.2) is 0 Å². The summed E-state index contributed by atoms with van der Waals surface area (Å²) in [5.74, 6) is -0.512. The van der Waals surface area contributed by atoms with Crippen LogP contribution in [0.4, 0.5) is 5.69 Å². The van der Waals surface area contributed by atoms with E-state index in [4.69, 9.17) is 63.7 Å². The Morgan fingerprint density at radius 1 is 0.850 bits per heavy atom. The fraction of sp³-hybridized carbons (Fsp3) is 0. The molecule has 0 amide bonds. The Bertz CT molecular complexity index is 694. The molecule has 0 atom stereocenters. The van der Waals surface area contributed by atoms with Crippen LogP contribution in [0.2, 0.25) is 25.1 Å². The van der Waals surface area contributed by atoms with Crippen molar-refractivity contribution in [1.29, 1.82) is 0 Å². The van der Waals surface area contributed by atoms with Gasteiger partial charge in [-0.1, -0.05) is 64.1 Å². The van der Waals surface area contributed by atoms with Crippen LogP contribution < -0.4 is 5.73 Å². The minimum absolute atomic E-state index is 0.0162. The molecule has 0 aliphatic rings. The predicted molar refractivity (Wildman–Crippen MR) is 85.8 cm³/mol. The summed E-state index contributed by atoms with van der Waals surface area (Å²) < 4.78 is 0. The summed E-state index contributed by atoms with van der Waals surface area (Å²) in [6.07, 6.45) is 0. The zero-order valence-electron chi connectivity index (χ0n) is 9.68. The van der Waals surface area contributed by atoms with E-state index in [0.29, 0.717) is 0 Å². The monoisotopic (exact) mass is 367 g/mol. The lowest BCUT2D eigenvalue weighted by Gasteiger charge is -2.11. The number of carbonyl (C=O) groups is 1. The van der Waals surface area contributed by atoms with Crippen LogP contribution in [0.25, 0.3) is 0 Å². The Hall–Kier alpha value is -0.640. The summed E-state index contributed by atoms with van der Waals surface area (Å²) in [7, 11) is 0. The van der Waals surface area contributed by atoms with Crippen molar-refractivity contribution in [3.63, 3.8) is 0 Å². The third kappa shape index (κ3) is 2.72. The average molecular weight is 369 g/mol. The molecule has 0 saturated carbocycles. The largest absolute Gasteiger partial charge is 0.398 e. The zero-order valence-corrected chi connectivity index (χ0v) is 13.5. The summed E-state index contributed by atoms with van der Waals surface area (Å²) in [4.78, 5) is 12.6. The van der Waals surface area contributed by atoms with Crippen molar-refractivity contribution in [1.82, 2.24) is 0 Å². The average Bonchev–Trinajstić information content (AvgIpc) is 2.36. The number of benzene rings is 2.